The van der Waals surface area contributed by atoms with Gasteiger partial charge in [-0.25, -0.2) is 0 Å². The number of benzene rings is 2. The summed E-state index contributed by atoms with van der Waals surface area (Å²) < 4.78 is 5.77. The van der Waals surface area contributed by atoms with E-state index in [4.69, 9.17) is 27.9 Å². The predicted molar refractivity (Wildman–Crippen MR) is 100 cm³/mol. The maximum Gasteiger partial charge on any atom is 0.251 e. The van der Waals surface area contributed by atoms with Crippen LogP contribution in [0.25, 0.3) is 0 Å². The molecule has 0 aliphatic carbocycles. The Morgan fingerprint density at radius 1 is 1.16 bits per heavy atom. The van der Waals surface area contributed by atoms with Crippen LogP contribution in [0.3, 0.4) is 0 Å². The average molecular weight is 379 g/mol. The van der Waals surface area contributed by atoms with Gasteiger partial charge >= 0.3 is 0 Å². The van der Waals surface area contributed by atoms with Gasteiger partial charge in [0.1, 0.15) is 0 Å². The number of ether oxygens (including phenoxy) is 1. The van der Waals surface area contributed by atoms with Crippen molar-refractivity contribution >= 4 is 29.1 Å². The summed E-state index contributed by atoms with van der Waals surface area (Å²) in [6, 6.07) is 15.2. The van der Waals surface area contributed by atoms with E-state index in [0.717, 1.165) is 19.6 Å². The average Bonchev–Trinajstić information content (AvgIpc) is 2.63. The van der Waals surface area contributed by atoms with Gasteiger partial charge in [-0.15, -0.1) is 0 Å². The molecular formula is C19H20Cl2N2O2. The first-order chi connectivity index (χ1) is 12.1. The Kier molecular flexibility index (Phi) is 6.32. The topological polar surface area (TPSA) is 41.6 Å². The number of nitrogens with zero attached hydrogens (tertiary/aromatic N) is 1. The van der Waals surface area contributed by atoms with E-state index in [1.165, 1.54) is 5.56 Å². The molecule has 3 rings (SSSR count). The van der Waals surface area contributed by atoms with Crippen LogP contribution >= 0.6 is 23.2 Å². The third kappa shape index (κ3) is 5.19. The molecule has 25 heavy (non-hydrogen) atoms. The van der Waals surface area contributed by atoms with Gasteiger partial charge in [0, 0.05) is 31.7 Å². The zero-order chi connectivity index (χ0) is 17.6. The summed E-state index contributed by atoms with van der Waals surface area (Å²) in [7, 11) is 0. The minimum absolute atomic E-state index is 0.0239. The highest BCUT2D eigenvalue weighted by Crippen LogP contribution is 2.22. The maximum absolute atomic E-state index is 12.2. The molecule has 1 aliphatic rings. The van der Waals surface area contributed by atoms with Crippen LogP contribution in [0.4, 0.5) is 0 Å². The van der Waals surface area contributed by atoms with Gasteiger partial charge in [0.25, 0.3) is 5.91 Å². The number of amides is 1. The van der Waals surface area contributed by atoms with E-state index >= 15 is 0 Å². The van der Waals surface area contributed by atoms with E-state index in [1.807, 2.05) is 18.2 Å². The van der Waals surface area contributed by atoms with Crippen LogP contribution in [-0.4, -0.2) is 43.2 Å². The van der Waals surface area contributed by atoms with Crippen LogP contribution in [0.15, 0.2) is 48.5 Å². The lowest BCUT2D eigenvalue weighted by atomic mass is 10.2. The third-order valence-electron chi connectivity index (χ3n) is 4.14. The molecule has 2 aromatic carbocycles. The van der Waals surface area contributed by atoms with Crippen molar-refractivity contribution in [3.8, 4) is 0 Å². The summed E-state index contributed by atoms with van der Waals surface area (Å²) in [4.78, 5) is 14.6. The molecule has 1 amide bonds. The Morgan fingerprint density at radius 3 is 2.72 bits per heavy atom. The number of morpholine rings is 1. The molecule has 0 bridgehead atoms. The monoisotopic (exact) mass is 378 g/mol. The van der Waals surface area contributed by atoms with Crippen molar-refractivity contribution in [1.29, 1.82) is 0 Å². The quantitative estimate of drug-likeness (QED) is 0.863. The molecule has 1 unspecified atom stereocenters. The summed E-state index contributed by atoms with van der Waals surface area (Å²) >= 11 is 11.8. The summed E-state index contributed by atoms with van der Waals surface area (Å²) in [5.74, 6) is -0.178. The minimum atomic E-state index is -0.178. The number of carbonyl (C=O) groups excluding carboxylic acids is 1. The Balaban J connectivity index is 1.50. The van der Waals surface area contributed by atoms with Crippen molar-refractivity contribution in [3.05, 3.63) is 69.7 Å². The molecule has 0 aromatic heterocycles. The van der Waals surface area contributed by atoms with Gasteiger partial charge in [-0.2, -0.15) is 0 Å². The summed E-state index contributed by atoms with van der Waals surface area (Å²) in [5, 5.41) is 3.72. The van der Waals surface area contributed by atoms with E-state index in [2.05, 4.69) is 22.3 Å². The normalized spacial score (nSPS) is 18.1. The van der Waals surface area contributed by atoms with Crippen molar-refractivity contribution in [2.75, 3.05) is 26.2 Å². The number of halogens is 2. The zero-order valence-corrected chi connectivity index (χ0v) is 15.3. The fraction of sp³-hybridized carbons (Fsp3) is 0.316. The van der Waals surface area contributed by atoms with E-state index in [9.17, 15) is 4.79 Å². The van der Waals surface area contributed by atoms with E-state index in [1.54, 1.807) is 18.2 Å². The fourth-order valence-corrected chi connectivity index (χ4v) is 3.13. The van der Waals surface area contributed by atoms with Gasteiger partial charge in [-0.05, 0) is 23.8 Å². The Morgan fingerprint density at radius 2 is 1.96 bits per heavy atom. The molecule has 1 fully saturated rings. The van der Waals surface area contributed by atoms with E-state index in [-0.39, 0.29) is 12.0 Å². The maximum atomic E-state index is 12.2. The molecule has 1 N–H and O–H groups in total. The number of hydrogen-bond acceptors (Lipinski definition) is 3. The van der Waals surface area contributed by atoms with E-state index < -0.39 is 0 Å². The van der Waals surface area contributed by atoms with E-state index in [0.29, 0.717) is 28.8 Å². The molecule has 2 aromatic rings. The van der Waals surface area contributed by atoms with Crippen LogP contribution in [0.1, 0.15) is 15.9 Å². The second-order valence-corrected chi connectivity index (χ2v) is 6.87. The molecule has 4 nitrogen and oxygen atoms in total. The third-order valence-corrected chi connectivity index (χ3v) is 4.88. The molecule has 0 radical (unpaired) electrons. The molecule has 6 heteroatoms. The Bertz CT molecular complexity index is 725. The summed E-state index contributed by atoms with van der Waals surface area (Å²) in [6.45, 7) is 3.70. The minimum Gasteiger partial charge on any atom is -0.374 e. The Hall–Kier alpha value is -1.59. The molecule has 1 atom stereocenters. The number of carbonyl (C=O) groups is 1. The number of nitrogens with one attached hydrogen (secondary N) is 1. The zero-order valence-electron chi connectivity index (χ0n) is 13.8. The number of hydrogen-bond donors (Lipinski definition) is 1. The van der Waals surface area contributed by atoms with Gasteiger partial charge in [0.05, 0.1) is 22.8 Å². The van der Waals surface area contributed by atoms with Crippen LogP contribution in [-0.2, 0) is 11.3 Å². The number of rotatable bonds is 5. The van der Waals surface area contributed by atoms with Gasteiger partial charge in [0.15, 0.2) is 0 Å². The lowest BCUT2D eigenvalue weighted by Crippen LogP contribution is -2.47. The lowest BCUT2D eigenvalue weighted by Gasteiger charge is -2.33. The first-order valence-corrected chi connectivity index (χ1v) is 8.98. The van der Waals surface area contributed by atoms with Crippen LogP contribution in [0.5, 0.6) is 0 Å². The molecule has 1 heterocycles. The first-order valence-electron chi connectivity index (χ1n) is 8.23. The fourth-order valence-electron chi connectivity index (χ4n) is 2.84. The van der Waals surface area contributed by atoms with Gasteiger partial charge < -0.3 is 10.1 Å². The van der Waals surface area contributed by atoms with Crippen molar-refractivity contribution in [2.24, 2.45) is 0 Å². The second-order valence-electron chi connectivity index (χ2n) is 6.05. The van der Waals surface area contributed by atoms with Crippen molar-refractivity contribution in [2.45, 2.75) is 12.6 Å². The molecule has 1 saturated heterocycles. The van der Waals surface area contributed by atoms with Gasteiger partial charge in [-0.3, -0.25) is 9.69 Å². The standard InChI is InChI=1S/C19H20Cl2N2O2/c20-17-7-6-15(10-18(17)21)19(24)22-11-16-13-23(8-9-25-16)12-14-4-2-1-3-5-14/h1-7,10,16H,8-9,11-13H2,(H,22,24). The molecular weight excluding hydrogens is 359 g/mol. The summed E-state index contributed by atoms with van der Waals surface area (Å²) in [5.41, 5.74) is 1.77. The molecule has 132 valence electrons. The highest BCUT2D eigenvalue weighted by molar-refractivity contribution is 6.42. The highest BCUT2D eigenvalue weighted by Gasteiger charge is 2.21. The SMILES string of the molecule is O=C(NCC1CN(Cc2ccccc2)CCO1)c1ccc(Cl)c(Cl)c1. The lowest BCUT2D eigenvalue weighted by molar-refractivity contribution is -0.0292. The first kappa shape index (κ1) is 18.2. The smallest absolute Gasteiger partial charge is 0.251 e. The van der Waals surface area contributed by atoms with Crippen LogP contribution in [0.2, 0.25) is 10.0 Å². The molecule has 0 saturated carbocycles. The van der Waals surface area contributed by atoms with Crippen molar-refractivity contribution < 1.29 is 9.53 Å². The van der Waals surface area contributed by atoms with Crippen molar-refractivity contribution in [1.82, 2.24) is 10.2 Å². The van der Waals surface area contributed by atoms with Crippen LogP contribution < -0.4 is 5.32 Å². The highest BCUT2D eigenvalue weighted by atomic mass is 35.5. The molecule has 1 aliphatic heterocycles. The van der Waals surface area contributed by atoms with Gasteiger partial charge in [0.2, 0.25) is 0 Å². The van der Waals surface area contributed by atoms with Gasteiger partial charge in [-0.1, -0.05) is 53.5 Å². The summed E-state index contributed by atoms with van der Waals surface area (Å²) in [6.07, 6.45) is -0.0239. The van der Waals surface area contributed by atoms with Crippen molar-refractivity contribution in [3.63, 3.8) is 0 Å². The van der Waals surface area contributed by atoms with Crippen LogP contribution in [0, 0.1) is 0 Å². The second kappa shape index (κ2) is 8.68. The predicted octanol–water partition coefficient (Wildman–Crippen LogP) is 3.62. The molecule has 0 spiro atoms. The Labute approximate surface area is 157 Å². The largest absolute Gasteiger partial charge is 0.374 e.